The maximum absolute atomic E-state index is 11.4. The Hall–Kier alpha value is -0.570. The number of aliphatic hydroxyl groups is 1. The number of esters is 1. The van der Waals surface area contributed by atoms with E-state index in [-0.39, 0.29) is 6.10 Å². The predicted octanol–water partition coefficient (Wildman–Crippen LogP) is 2.37. The summed E-state index contributed by atoms with van der Waals surface area (Å²) in [6, 6.07) is 0. The van der Waals surface area contributed by atoms with Crippen molar-refractivity contribution in [2.24, 2.45) is 17.8 Å². The molecule has 0 aromatic carbocycles. The number of carbonyl (C=O) groups excluding carboxylic acids is 1. The van der Waals surface area contributed by atoms with Crippen molar-refractivity contribution in [3.63, 3.8) is 0 Å². The van der Waals surface area contributed by atoms with Crippen molar-refractivity contribution >= 4 is 5.97 Å². The fourth-order valence-electron chi connectivity index (χ4n) is 2.86. The molecule has 4 atom stereocenters. The van der Waals surface area contributed by atoms with Crippen LogP contribution in [0.25, 0.3) is 0 Å². The molecule has 1 rings (SSSR count). The first-order valence-corrected chi connectivity index (χ1v) is 6.32. The van der Waals surface area contributed by atoms with Crippen molar-refractivity contribution in [1.82, 2.24) is 0 Å². The summed E-state index contributed by atoms with van der Waals surface area (Å²) in [5, 5.41) is 9.17. The van der Waals surface area contributed by atoms with Crippen LogP contribution in [0.3, 0.4) is 0 Å². The summed E-state index contributed by atoms with van der Waals surface area (Å²) in [5.74, 6) is 1.06. The summed E-state index contributed by atoms with van der Waals surface area (Å²) >= 11 is 0. The number of hydrogen-bond acceptors (Lipinski definition) is 3. The lowest BCUT2D eigenvalue weighted by Gasteiger charge is -2.38. The van der Waals surface area contributed by atoms with Crippen molar-refractivity contribution in [2.45, 2.75) is 59.2 Å². The van der Waals surface area contributed by atoms with Gasteiger partial charge < -0.3 is 9.84 Å². The average Bonchev–Trinajstić information content (AvgIpc) is 2.16. The van der Waals surface area contributed by atoms with Crippen LogP contribution in [-0.2, 0) is 9.53 Å². The number of aliphatic hydroxyl groups excluding tert-OH is 1. The predicted molar refractivity (Wildman–Crippen MR) is 62.9 cm³/mol. The fourth-order valence-corrected chi connectivity index (χ4v) is 2.86. The Kier molecular flexibility index (Phi) is 4.78. The van der Waals surface area contributed by atoms with Crippen LogP contribution in [-0.4, -0.2) is 23.3 Å². The second kappa shape index (κ2) is 5.67. The molecule has 0 heterocycles. The Balaban J connectivity index is 2.64. The minimum Gasteiger partial charge on any atom is -0.460 e. The molecule has 3 heteroatoms. The number of rotatable bonds is 3. The van der Waals surface area contributed by atoms with E-state index >= 15 is 0 Å². The van der Waals surface area contributed by atoms with Gasteiger partial charge in [-0.15, -0.1) is 0 Å². The van der Waals surface area contributed by atoms with Crippen molar-refractivity contribution in [2.75, 3.05) is 0 Å². The molecule has 0 radical (unpaired) electrons. The third-order valence-corrected chi connectivity index (χ3v) is 3.61. The Morgan fingerprint density at radius 1 is 1.31 bits per heavy atom. The van der Waals surface area contributed by atoms with E-state index in [0.717, 1.165) is 12.8 Å². The maximum Gasteiger partial charge on any atom is 0.334 e. The highest BCUT2D eigenvalue weighted by Gasteiger charge is 2.35. The van der Waals surface area contributed by atoms with Gasteiger partial charge in [-0.1, -0.05) is 27.2 Å². The maximum atomic E-state index is 11.4. The van der Waals surface area contributed by atoms with Gasteiger partial charge in [0.1, 0.15) is 12.2 Å². The summed E-state index contributed by atoms with van der Waals surface area (Å²) < 4.78 is 5.41. The van der Waals surface area contributed by atoms with Gasteiger partial charge in [-0.25, -0.2) is 4.79 Å². The SMILES string of the molecule is CC(O)C(=O)OC1CCCC(C)C1C(C)C. The molecule has 4 unspecified atom stereocenters. The van der Waals surface area contributed by atoms with Crippen LogP contribution in [0.1, 0.15) is 47.0 Å². The molecule has 0 aliphatic heterocycles. The Morgan fingerprint density at radius 2 is 1.94 bits per heavy atom. The van der Waals surface area contributed by atoms with Gasteiger partial charge in [0.05, 0.1) is 0 Å². The van der Waals surface area contributed by atoms with E-state index in [0.29, 0.717) is 17.8 Å². The van der Waals surface area contributed by atoms with E-state index in [2.05, 4.69) is 20.8 Å². The van der Waals surface area contributed by atoms with Gasteiger partial charge in [0.2, 0.25) is 0 Å². The molecule has 0 saturated heterocycles. The Morgan fingerprint density at radius 3 is 2.44 bits per heavy atom. The zero-order valence-electron chi connectivity index (χ0n) is 10.8. The molecule has 1 saturated carbocycles. The molecule has 16 heavy (non-hydrogen) atoms. The van der Waals surface area contributed by atoms with E-state index in [9.17, 15) is 4.79 Å². The van der Waals surface area contributed by atoms with Crippen LogP contribution in [0, 0.1) is 17.8 Å². The Labute approximate surface area is 98.2 Å². The molecule has 94 valence electrons. The van der Waals surface area contributed by atoms with Gasteiger partial charge in [0.15, 0.2) is 0 Å². The van der Waals surface area contributed by atoms with Crippen LogP contribution in [0.5, 0.6) is 0 Å². The standard InChI is InChI=1S/C13H24O3/c1-8(2)12-9(3)6-5-7-11(12)16-13(15)10(4)14/h8-12,14H,5-7H2,1-4H3. The van der Waals surface area contributed by atoms with Crippen LogP contribution in [0.15, 0.2) is 0 Å². The number of carbonyl (C=O) groups is 1. The lowest BCUT2D eigenvalue weighted by molar-refractivity contribution is -0.165. The zero-order chi connectivity index (χ0) is 12.3. The average molecular weight is 228 g/mol. The lowest BCUT2D eigenvalue weighted by Crippen LogP contribution is -2.39. The highest BCUT2D eigenvalue weighted by Crippen LogP contribution is 2.36. The first kappa shape index (κ1) is 13.5. The van der Waals surface area contributed by atoms with Crippen LogP contribution in [0.4, 0.5) is 0 Å². The second-order valence-corrected chi connectivity index (χ2v) is 5.38. The topological polar surface area (TPSA) is 46.5 Å². The van der Waals surface area contributed by atoms with Crippen LogP contribution >= 0.6 is 0 Å². The second-order valence-electron chi connectivity index (χ2n) is 5.38. The quantitative estimate of drug-likeness (QED) is 0.754. The molecule has 1 aliphatic rings. The molecule has 1 N–H and O–H groups in total. The van der Waals surface area contributed by atoms with E-state index < -0.39 is 12.1 Å². The highest BCUT2D eigenvalue weighted by molar-refractivity contribution is 5.74. The minimum absolute atomic E-state index is 0.00847. The van der Waals surface area contributed by atoms with E-state index in [4.69, 9.17) is 9.84 Å². The van der Waals surface area contributed by atoms with Crippen molar-refractivity contribution < 1.29 is 14.6 Å². The van der Waals surface area contributed by atoms with Crippen LogP contribution < -0.4 is 0 Å². The molecule has 0 bridgehead atoms. The normalized spacial score (nSPS) is 32.5. The van der Waals surface area contributed by atoms with Crippen molar-refractivity contribution in [3.8, 4) is 0 Å². The first-order chi connectivity index (χ1) is 7.43. The largest absolute Gasteiger partial charge is 0.460 e. The third kappa shape index (κ3) is 3.21. The summed E-state index contributed by atoms with van der Waals surface area (Å²) in [7, 11) is 0. The van der Waals surface area contributed by atoms with Gasteiger partial charge in [0.25, 0.3) is 0 Å². The molecule has 0 aromatic rings. The molecule has 0 aromatic heterocycles. The third-order valence-electron chi connectivity index (χ3n) is 3.61. The van der Waals surface area contributed by atoms with Gasteiger partial charge in [-0.2, -0.15) is 0 Å². The highest BCUT2D eigenvalue weighted by atomic mass is 16.6. The molecule has 0 spiro atoms. The van der Waals surface area contributed by atoms with E-state index in [1.165, 1.54) is 13.3 Å². The molecule has 3 nitrogen and oxygen atoms in total. The summed E-state index contributed by atoms with van der Waals surface area (Å²) in [4.78, 5) is 11.4. The van der Waals surface area contributed by atoms with E-state index in [1.54, 1.807) is 0 Å². The Bertz CT molecular complexity index is 235. The summed E-state index contributed by atoms with van der Waals surface area (Å²) in [6.45, 7) is 8.04. The van der Waals surface area contributed by atoms with Gasteiger partial charge in [0, 0.05) is 5.92 Å². The molecular formula is C13H24O3. The lowest BCUT2D eigenvalue weighted by atomic mass is 9.72. The molecule has 1 fully saturated rings. The first-order valence-electron chi connectivity index (χ1n) is 6.32. The van der Waals surface area contributed by atoms with E-state index in [1.807, 2.05) is 0 Å². The smallest absolute Gasteiger partial charge is 0.334 e. The van der Waals surface area contributed by atoms with Crippen molar-refractivity contribution in [3.05, 3.63) is 0 Å². The molecular weight excluding hydrogens is 204 g/mol. The number of ether oxygens (including phenoxy) is 1. The van der Waals surface area contributed by atoms with Gasteiger partial charge in [-0.05, 0) is 31.6 Å². The summed E-state index contributed by atoms with van der Waals surface area (Å²) in [5.41, 5.74) is 0. The minimum atomic E-state index is -1.01. The zero-order valence-corrected chi connectivity index (χ0v) is 10.8. The van der Waals surface area contributed by atoms with Gasteiger partial charge >= 0.3 is 5.97 Å². The molecule has 1 aliphatic carbocycles. The monoisotopic (exact) mass is 228 g/mol. The fraction of sp³-hybridized carbons (Fsp3) is 0.923. The van der Waals surface area contributed by atoms with Crippen LogP contribution in [0.2, 0.25) is 0 Å². The number of hydrogen-bond donors (Lipinski definition) is 1. The molecule has 0 amide bonds. The van der Waals surface area contributed by atoms with Crippen molar-refractivity contribution in [1.29, 1.82) is 0 Å². The van der Waals surface area contributed by atoms with Gasteiger partial charge in [-0.3, -0.25) is 0 Å². The summed E-state index contributed by atoms with van der Waals surface area (Å²) in [6.07, 6.45) is 2.25.